The summed E-state index contributed by atoms with van der Waals surface area (Å²) in [6.45, 7) is 7.24. The van der Waals surface area contributed by atoms with Crippen LogP contribution < -0.4 is 10.6 Å². The Hall–Kier alpha value is -1.36. The highest BCUT2D eigenvalue weighted by atomic mass is 15.1. The van der Waals surface area contributed by atoms with E-state index < -0.39 is 0 Å². The van der Waals surface area contributed by atoms with Crippen LogP contribution in [0.5, 0.6) is 0 Å². The maximum atomic E-state index is 4.53. The highest BCUT2D eigenvalue weighted by Gasteiger charge is 2.09. The third kappa shape index (κ3) is 4.14. The van der Waals surface area contributed by atoms with Crippen molar-refractivity contribution in [3.8, 4) is 0 Å². The number of rotatable bonds is 6. The van der Waals surface area contributed by atoms with Gasteiger partial charge < -0.3 is 15.5 Å². The number of nitrogens with zero attached hydrogens (tertiary/aromatic N) is 3. The minimum Gasteiger partial charge on any atom is -0.373 e. The van der Waals surface area contributed by atoms with Crippen molar-refractivity contribution in [3.05, 3.63) is 11.9 Å². The van der Waals surface area contributed by atoms with Crippen molar-refractivity contribution in [2.45, 2.75) is 32.7 Å². The molecular formula is C13H25N5. The van der Waals surface area contributed by atoms with Crippen molar-refractivity contribution in [1.82, 2.24) is 14.9 Å². The van der Waals surface area contributed by atoms with E-state index in [9.17, 15) is 0 Å². The fraction of sp³-hybridized carbons (Fsp3) is 0.692. The summed E-state index contributed by atoms with van der Waals surface area (Å²) in [6, 6.07) is 2.40. The first-order valence-corrected chi connectivity index (χ1v) is 6.41. The first-order valence-electron chi connectivity index (χ1n) is 6.41. The van der Waals surface area contributed by atoms with Crippen molar-refractivity contribution < 1.29 is 0 Å². The summed E-state index contributed by atoms with van der Waals surface area (Å²) < 4.78 is 0. The lowest BCUT2D eigenvalue weighted by atomic mass is 10.2. The summed E-state index contributed by atoms with van der Waals surface area (Å²) in [5.74, 6) is 2.92. The normalized spacial score (nSPS) is 12.9. The molecule has 0 aliphatic carbocycles. The predicted molar refractivity (Wildman–Crippen MR) is 77.3 cm³/mol. The zero-order valence-electron chi connectivity index (χ0n) is 12.3. The molecule has 5 heteroatoms. The molecule has 1 rings (SSSR count). The summed E-state index contributed by atoms with van der Waals surface area (Å²) >= 11 is 0. The van der Waals surface area contributed by atoms with Crippen LogP contribution in [0.25, 0.3) is 0 Å². The number of anilines is 2. The average molecular weight is 251 g/mol. The van der Waals surface area contributed by atoms with Gasteiger partial charge in [0.1, 0.15) is 17.5 Å². The molecular weight excluding hydrogens is 226 g/mol. The minimum absolute atomic E-state index is 0.324. The van der Waals surface area contributed by atoms with E-state index >= 15 is 0 Å². The van der Waals surface area contributed by atoms with Crippen LogP contribution in [0.15, 0.2) is 6.07 Å². The second-order valence-corrected chi connectivity index (χ2v) is 5.09. The van der Waals surface area contributed by atoms with Gasteiger partial charge in [0.25, 0.3) is 0 Å². The molecule has 0 amide bonds. The maximum absolute atomic E-state index is 4.53. The first kappa shape index (κ1) is 14.7. The Morgan fingerprint density at radius 2 is 1.78 bits per heavy atom. The fourth-order valence-corrected chi connectivity index (χ4v) is 1.38. The zero-order valence-corrected chi connectivity index (χ0v) is 12.3. The van der Waals surface area contributed by atoms with Crippen LogP contribution in [-0.2, 0) is 0 Å². The number of likely N-dealkylation sites (N-methyl/N-ethyl adjacent to an activating group) is 1. The van der Waals surface area contributed by atoms with Crippen molar-refractivity contribution in [3.63, 3.8) is 0 Å². The van der Waals surface area contributed by atoms with E-state index in [2.05, 4.69) is 60.4 Å². The molecule has 0 spiro atoms. The zero-order chi connectivity index (χ0) is 13.7. The molecule has 1 aromatic rings. The second-order valence-electron chi connectivity index (χ2n) is 5.09. The molecule has 1 unspecified atom stereocenters. The monoisotopic (exact) mass is 251 g/mol. The summed E-state index contributed by atoms with van der Waals surface area (Å²) in [5.41, 5.74) is 0. The Labute approximate surface area is 110 Å². The smallest absolute Gasteiger partial charge is 0.135 e. The summed E-state index contributed by atoms with van der Waals surface area (Å²) in [5, 5.41) is 6.43. The predicted octanol–water partition coefficient (Wildman–Crippen LogP) is 2.00. The molecule has 0 saturated heterocycles. The van der Waals surface area contributed by atoms with Crippen LogP contribution >= 0.6 is 0 Å². The molecule has 1 heterocycles. The van der Waals surface area contributed by atoms with Crippen molar-refractivity contribution in [2.24, 2.45) is 0 Å². The molecule has 2 N–H and O–H groups in total. The molecule has 0 aromatic carbocycles. The van der Waals surface area contributed by atoms with Crippen LogP contribution in [0, 0.1) is 0 Å². The summed E-state index contributed by atoms with van der Waals surface area (Å²) in [7, 11) is 6.02. The van der Waals surface area contributed by atoms with E-state index in [1.54, 1.807) is 0 Å². The highest BCUT2D eigenvalue weighted by molar-refractivity contribution is 5.47. The topological polar surface area (TPSA) is 53.1 Å². The van der Waals surface area contributed by atoms with Gasteiger partial charge in [-0.25, -0.2) is 9.97 Å². The van der Waals surface area contributed by atoms with Gasteiger partial charge in [-0.2, -0.15) is 0 Å². The quantitative estimate of drug-likeness (QED) is 0.810. The van der Waals surface area contributed by atoms with Crippen LogP contribution in [0.4, 0.5) is 11.6 Å². The summed E-state index contributed by atoms with van der Waals surface area (Å²) in [4.78, 5) is 11.1. The van der Waals surface area contributed by atoms with Gasteiger partial charge in [-0.1, -0.05) is 13.8 Å². The Balaban J connectivity index is 2.78. The molecule has 0 saturated carbocycles. The number of nitrogens with one attached hydrogen (secondary N) is 2. The molecule has 0 radical (unpaired) electrons. The molecule has 5 nitrogen and oxygen atoms in total. The Morgan fingerprint density at radius 3 is 2.28 bits per heavy atom. The molecule has 0 aliphatic heterocycles. The Kier molecular flexibility index (Phi) is 5.34. The molecule has 102 valence electrons. The van der Waals surface area contributed by atoms with Crippen LogP contribution in [0.2, 0.25) is 0 Å². The van der Waals surface area contributed by atoms with Gasteiger partial charge in [-0.05, 0) is 21.0 Å². The number of hydrogen-bond donors (Lipinski definition) is 2. The molecule has 1 atom stereocenters. The lowest BCUT2D eigenvalue weighted by Crippen LogP contribution is -2.31. The van der Waals surface area contributed by atoms with E-state index in [1.807, 2.05) is 13.1 Å². The van der Waals surface area contributed by atoms with Gasteiger partial charge in [0, 0.05) is 31.6 Å². The number of aromatic nitrogens is 2. The van der Waals surface area contributed by atoms with Gasteiger partial charge in [0.2, 0.25) is 0 Å². The third-order valence-electron chi connectivity index (χ3n) is 2.98. The molecule has 0 aliphatic rings. The van der Waals surface area contributed by atoms with E-state index in [0.29, 0.717) is 12.0 Å². The molecule has 0 fully saturated rings. The SMILES string of the molecule is CNc1cc(NCC(C)N(C)C)nc(C(C)C)n1. The van der Waals surface area contributed by atoms with E-state index in [-0.39, 0.29) is 0 Å². The van der Waals surface area contributed by atoms with E-state index in [4.69, 9.17) is 0 Å². The fourth-order valence-electron chi connectivity index (χ4n) is 1.38. The standard InChI is InChI=1S/C13H25N5/c1-9(2)13-16-11(14-4)7-12(17-13)15-8-10(3)18(5)6/h7,9-10H,8H2,1-6H3,(H2,14,15,16,17). The van der Waals surface area contributed by atoms with Crippen LogP contribution in [0.1, 0.15) is 32.5 Å². The molecule has 18 heavy (non-hydrogen) atoms. The summed E-state index contributed by atoms with van der Waals surface area (Å²) in [6.07, 6.45) is 0. The van der Waals surface area contributed by atoms with Crippen LogP contribution in [-0.4, -0.2) is 48.6 Å². The third-order valence-corrected chi connectivity index (χ3v) is 2.98. The maximum Gasteiger partial charge on any atom is 0.135 e. The van der Waals surface area contributed by atoms with Gasteiger partial charge in [-0.15, -0.1) is 0 Å². The molecule has 0 bridgehead atoms. The second kappa shape index (κ2) is 6.54. The van der Waals surface area contributed by atoms with Crippen molar-refractivity contribution in [1.29, 1.82) is 0 Å². The lowest BCUT2D eigenvalue weighted by molar-refractivity contribution is 0.326. The van der Waals surface area contributed by atoms with Gasteiger partial charge in [0.05, 0.1) is 0 Å². The minimum atomic E-state index is 0.324. The highest BCUT2D eigenvalue weighted by Crippen LogP contribution is 2.16. The van der Waals surface area contributed by atoms with E-state index in [1.165, 1.54) is 0 Å². The van der Waals surface area contributed by atoms with Crippen molar-refractivity contribution >= 4 is 11.6 Å². The van der Waals surface area contributed by atoms with Gasteiger partial charge >= 0.3 is 0 Å². The Bertz CT molecular complexity index is 376. The first-order chi connectivity index (χ1) is 8.43. The molecule has 1 aromatic heterocycles. The Morgan fingerprint density at radius 1 is 1.17 bits per heavy atom. The largest absolute Gasteiger partial charge is 0.373 e. The van der Waals surface area contributed by atoms with Crippen molar-refractivity contribution in [2.75, 3.05) is 38.3 Å². The van der Waals surface area contributed by atoms with Gasteiger partial charge in [0.15, 0.2) is 0 Å². The average Bonchev–Trinajstić information content (AvgIpc) is 2.35. The van der Waals surface area contributed by atoms with Crippen LogP contribution in [0.3, 0.4) is 0 Å². The lowest BCUT2D eigenvalue weighted by Gasteiger charge is -2.20. The van der Waals surface area contributed by atoms with Gasteiger partial charge in [-0.3, -0.25) is 0 Å². The van der Waals surface area contributed by atoms with E-state index in [0.717, 1.165) is 24.0 Å². The number of hydrogen-bond acceptors (Lipinski definition) is 5.